The van der Waals surface area contributed by atoms with Gasteiger partial charge in [-0.1, -0.05) is 0 Å². The zero-order valence-corrected chi connectivity index (χ0v) is 21.9. The van der Waals surface area contributed by atoms with Crippen molar-refractivity contribution in [2.75, 3.05) is 0 Å². The maximum absolute atomic E-state index is 7.26. The molecule has 0 heterocycles. The third-order valence-electron chi connectivity index (χ3n) is 0. The molecule has 0 aromatic heterocycles. The van der Waals surface area contributed by atoms with Crippen molar-refractivity contribution in [1.82, 2.24) is 73.8 Å². The Morgan fingerprint density at radius 3 is 0.375 bits per heavy atom. The fraction of sp³-hybridized carbons (Fsp3) is 0. The first-order valence-corrected chi connectivity index (χ1v) is 2.57. The van der Waals surface area contributed by atoms with Crippen molar-refractivity contribution in [3.05, 3.63) is 10.8 Å². The summed E-state index contributed by atoms with van der Waals surface area (Å²) in [4.78, 5) is 0. The van der Waals surface area contributed by atoms with E-state index in [9.17, 15) is 0 Å². The van der Waals surface area contributed by atoms with Gasteiger partial charge in [0.15, 0.2) is 0 Å². The number of nitrogens with zero attached hydrogens (tertiary/aromatic N) is 2. The van der Waals surface area contributed by atoms with Crippen LogP contribution in [0.5, 0.6) is 0 Å². The first-order chi connectivity index (χ1) is 2.83. The number of rotatable bonds is 0. The molecule has 0 radical (unpaired) electrons. The molecule has 0 amide bonds. The molecule has 0 aliphatic carbocycles. The van der Waals surface area contributed by atoms with E-state index in [-0.39, 0.29) is 157 Å². The van der Waals surface area contributed by atoms with Gasteiger partial charge >= 0.3 is 85.0 Å². The van der Waals surface area contributed by atoms with Gasteiger partial charge in [0.25, 0.3) is 0 Å². The van der Waals surface area contributed by atoms with Gasteiger partial charge in [0.05, 0.1) is 0 Å². The van der Waals surface area contributed by atoms with E-state index in [4.69, 9.17) is 10.8 Å². The first kappa shape index (κ1) is 462. The van der Waals surface area contributed by atoms with E-state index in [0.29, 0.717) is 0 Å². The summed E-state index contributed by atoms with van der Waals surface area (Å²) < 4.78 is 3.25. The van der Waals surface area contributed by atoms with Crippen molar-refractivity contribution in [2.45, 2.75) is 0 Å². The molecule has 14 nitrogen and oxygen atoms in total. The summed E-state index contributed by atoms with van der Waals surface area (Å²) in [6.45, 7) is 0. The SMILES string of the molecule is N.N.N.N.N.N.N.N.N.N.N.N.[Cl-].[Cl-].[Cl-].[Cl-].[Co+3].[Co+3].[N-]=C=[Se].[N-]=C=[Se]. The standard InChI is InChI=1S/2CNSe.4ClH.2Co.12H3N/c2*2-1-3;;;;;;;;;;;;;;;;;;/h;;4*1H;;;12*1H3/q2*-1;;;;;2*+3;;;;;;;;;;;;/p-4. The number of hydrogen-bond acceptors (Lipinski definition) is 12. The van der Waals surface area contributed by atoms with Gasteiger partial charge in [0, 0.05) is 0 Å². The van der Waals surface area contributed by atoms with Crippen LogP contribution >= 0.6 is 0 Å². The molecule has 0 aromatic carbocycles. The molecule has 0 saturated carbocycles. The molecule has 0 aliphatic rings. The maximum atomic E-state index is 7.26. The quantitative estimate of drug-likeness (QED) is 0.0842. The third kappa shape index (κ3) is 3500. The van der Waals surface area contributed by atoms with Crippen LogP contribution < -0.4 is 123 Å². The molecule has 0 unspecified atom stereocenters. The predicted octanol–water partition coefficient (Wildman–Crippen LogP) is -10.8. The second-order valence-electron chi connectivity index (χ2n) is 0.183. The van der Waals surface area contributed by atoms with E-state index in [1.807, 2.05) is 0 Å². The summed E-state index contributed by atoms with van der Waals surface area (Å²) in [7, 11) is 0. The molecule has 0 atom stereocenters. The first-order valence-electron chi connectivity index (χ1n) is 0.855. The van der Waals surface area contributed by atoms with Crippen LogP contribution in [-0.2, 0) is 33.6 Å². The monoisotopic (exact) mass is 674 g/mol. The molecule has 0 saturated heterocycles. The third-order valence-corrected chi connectivity index (χ3v) is 0. The van der Waals surface area contributed by atoms with Crippen LogP contribution in [-0.4, -0.2) is 40.6 Å². The van der Waals surface area contributed by atoms with E-state index < -0.39 is 0 Å². The van der Waals surface area contributed by atoms with Gasteiger partial charge in [0.2, 0.25) is 0 Å². The summed E-state index contributed by atoms with van der Waals surface area (Å²) in [5.41, 5.74) is 0. The number of halogens is 4. The Kier molecular flexibility index (Phi) is 18100. The minimum atomic E-state index is 0. The van der Waals surface area contributed by atoms with E-state index in [0.717, 1.165) is 0 Å². The molecule has 22 heteroatoms. The van der Waals surface area contributed by atoms with Gasteiger partial charge in [-0.2, -0.15) is 0 Å². The molecule has 0 bridgehead atoms. The zero-order valence-electron chi connectivity index (χ0n) is 13.4. The van der Waals surface area contributed by atoms with Crippen LogP contribution in [0.2, 0.25) is 0 Å². The molecule has 24 heavy (non-hydrogen) atoms. The van der Waals surface area contributed by atoms with Crippen LogP contribution in [0.25, 0.3) is 10.8 Å². The molecule has 172 valence electrons. The van der Waals surface area contributed by atoms with Crippen molar-refractivity contribution < 1.29 is 83.2 Å². The van der Waals surface area contributed by atoms with Crippen LogP contribution in [0.3, 0.4) is 0 Å². The molecule has 0 aliphatic heterocycles. The summed E-state index contributed by atoms with van der Waals surface area (Å²) in [6.07, 6.45) is 0. The van der Waals surface area contributed by atoms with Crippen molar-refractivity contribution in [3.63, 3.8) is 0 Å². The van der Waals surface area contributed by atoms with Crippen LogP contribution in [0.4, 0.5) is 0 Å². The molecule has 0 spiro atoms. The average Bonchev–Trinajstić information content (AvgIpc) is 1.39. The van der Waals surface area contributed by atoms with E-state index in [1.165, 1.54) is 0 Å². The Morgan fingerprint density at radius 2 is 0.375 bits per heavy atom. The molecule has 0 rings (SSSR count). The summed E-state index contributed by atoms with van der Waals surface area (Å²) >= 11 is 4.22. The summed E-state index contributed by atoms with van der Waals surface area (Å²) in [5.74, 6) is 0. The second kappa shape index (κ2) is 938. The Labute approximate surface area is 207 Å². The minimum absolute atomic E-state index is 0. The predicted molar refractivity (Wildman–Crippen MR) is 88.5 cm³/mol. The van der Waals surface area contributed by atoms with Crippen molar-refractivity contribution >= 4 is 40.6 Å². The summed E-state index contributed by atoms with van der Waals surface area (Å²) in [5, 5.41) is 14.5. The normalized spacial score (nSPS) is 0.667. The van der Waals surface area contributed by atoms with E-state index in [1.54, 1.807) is 9.43 Å². The Bertz CT molecular complexity index is 96.8. The molecule has 0 aromatic rings. The fourth-order valence-corrected chi connectivity index (χ4v) is 0. The molecule has 36 N–H and O–H groups in total. The van der Waals surface area contributed by atoms with Gasteiger partial charge in [-0.15, -0.1) is 0 Å². The topological polar surface area (TPSA) is 465 Å². The summed E-state index contributed by atoms with van der Waals surface area (Å²) in [6, 6.07) is 0. The molecular formula is C2H36Cl4Co2N14Se2. The van der Waals surface area contributed by atoms with Gasteiger partial charge in [-0.3, -0.25) is 0 Å². The van der Waals surface area contributed by atoms with Gasteiger partial charge in [-0.05, 0) is 0 Å². The second-order valence-corrected chi connectivity index (χ2v) is 0.949. The van der Waals surface area contributed by atoms with Crippen LogP contribution in [0.1, 0.15) is 0 Å². The average molecular weight is 674 g/mol. The molecule has 0 fully saturated rings. The van der Waals surface area contributed by atoms with Crippen LogP contribution in [0.15, 0.2) is 0 Å². The van der Waals surface area contributed by atoms with Crippen molar-refractivity contribution in [3.8, 4) is 0 Å². The van der Waals surface area contributed by atoms with Crippen molar-refractivity contribution in [2.24, 2.45) is 0 Å². The van der Waals surface area contributed by atoms with E-state index in [2.05, 4.69) is 31.2 Å². The zero-order chi connectivity index (χ0) is 5.41. The van der Waals surface area contributed by atoms with Crippen molar-refractivity contribution in [1.29, 1.82) is 0 Å². The Hall–Kier alpha value is 1.89. The van der Waals surface area contributed by atoms with Crippen LogP contribution in [0, 0.1) is 0 Å². The van der Waals surface area contributed by atoms with Gasteiger partial charge in [0.1, 0.15) is 0 Å². The fourth-order valence-electron chi connectivity index (χ4n) is 0. The Balaban J connectivity index is -0.000000000423. The van der Waals surface area contributed by atoms with E-state index >= 15 is 0 Å². The Morgan fingerprint density at radius 1 is 0.375 bits per heavy atom. The van der Waals surface area contributed by atoms with Gasteiger partial charge in [-0.25, -0.2) is 0 Å². The van der Waals surface area contributed by atoms with Gasteiger partial charge < -0.3 is 123 Å². The number of hydrogen-bond donors (Lipinski definition) is 12. The molecular weight excluding hydrogens is 638 g/mol.